The van der Waals surface area contributed by atoms with Gasteiger partial charge in [0.05, 0.1) is 0 Å². The number of halogens is 2. The zero-order chi connectivity index (χ0) is 16.8. The second-order valence-corrected chi connectivity index (χ2v) is 5.44. The summed E-state index contributed by atoms with van der Waals surface area (Å²) >= 11 is 5.82. The summed E-state index contributed by atoms with van der Waals surface area (Å²) in [5.41, 5.74) is 1.54. The first-order chi connectivity index (χ1) is 11.0. The molecule has 0 fully saturated rings. The molecule has 4 nitrogen and oxygen atoms in total. The minimum atomic E-state index is -0.344. The van der Waals surface area contributed by atoms with Crippen LogP contribution in [0.25, 0.3) is 0 Å². The molecule has 0 bridgehead atoms. The van der Waals surface area contributed by atoms with Crippen molar-refractivity contribution in [1.29, 1.82) is 0 Å². The fourth-order valence-electron chi connectivity index (χ4n) is 2.06. The van der Waals surface area contributed by atoms with Gasteiger partial charge in [-0.05, 0) is 54.4 Å². The van der Waals surface area contributed by atoms with Gasteiger partial charge in [0.15, 0.2) is 0 Å². The Balaban J connectivity index is 1.89. The van der Waals surface area contributed by atoms with Gasteiger partial charge < -0.3 is 10.6 Å². The molecule has 0 unspecified atom stereocenters. The second-order valence-electron chi connectivity index (χ2n) is 5.00. The lowest BCUT2D eigenvalue weighted by Gasteiger charge is -2.08. The Morgan fingerprint density at radius 3 is 2.48 bits per heavy atom. The Morgan fingerprint density at radius 2 is 1.83 bits per heavy atom. The van der Waals surface area contributed by atoms with Gasteiger partial charge in [-0.1, -0.05) is 11.6 Å². The summed E-state index contributed by atoms with van der Waals surface area (Å²) in [7, 11) is 0. The molecule has 2 rings (SSSR count). The second kappa shape index (κ2) is 7.74. The van der Waals surface area contributed by atoms with Crippen LogP contribution in [0.3, 0.4) is 0 Å². The van der Waals surface area contributed by atoms with Crippen molar-refractivity contribution in [3.8, 4) is 0 Å². The Labute approximate surface area is 138 Å². The van der Waals surface area contributed by atoms with Gasteiger partial charge in [-0.3, -0.25) is 9.59 Å². The summed E-state index contributed by atoms with van der Waals surface area (Å²) in [5, 5.41) is 5.80. The Morgan fingerprint density at radius 1 is 1.13 bits per heavy atom. The highest BCUT2D eigenvalue weighted by Crippen LogP contribution is 2.15. The van der Waals surface area contributed by atoms with E-state index in [9.17, 15) is 14.0 Å². The fraction of sp³-hybridized carbons (Fsp3) is 0.176. The quantitative estimate of drug-likeness (QED) is 0.880. The average molecular weight is 335 g/mol. The number of carbonyl (C=O) groups excluding carboxylic acids is 2. The molecule has 2 amide bonds. The molecule has 0 radical (unpaired) electrons. The van der Waals surface area contributed by atoms with E-state index in [1.165, 1.54) is 19.1 Å². The standard InChI is InChI=1S/C17H16ClFN2O2/c1-11(22)21-15-5-2-12(3-6-15)17(23)20-9-8-13-10-14(18)4-7-16(13)19/h2-7,10H,8-9H2,1H3,(H,20,23)(H,21,22). The van der Waals surface area contributed by atoms with Crippen LogP contribution in [0.15, 0.2) is 42.5 Å². The third-order valence-corrected chi connectivity index (χ3v) is 3.39. The van der Waals surface area contributed by atoms with Gasteiger partial charge in [0.25, 0.3) is 5.91 Å². The van der Waals surface area contributed by atoms with Crippen molar-refractivity contribution in [2.24, 2.45) is 0 Å². The molecule has 0 aliphatic rings. The van der Waals surface area contributed by atoms with Crippen LogP contribution in [0.4, 0.5) is 10.1 Å². The molecule has 0 heterocycles. The lowest BCUT2D eigenvalue weighted by atomic mass is 10.1. The normalized spacial score (nSPS) is 10.2. The number of carbonyl (C=O) groups is 2. The van der Waals surface area contributed by atoms with Crippen LogP contribution < -0.4 is 10.6 Å². The van der Waals surface area contributed by atoms with E-state index < -0.39 is 0 Å². The largest absolute Gasteiger partial charge is 0.352 e. The van der Waals surface area contributed by atoms with E-state index in [1.807, 2.05) is 0 Å². The predicted octanol–water partition coefficient (Wildman–Crippen LogP) is 3.41. The summed E-state index contributed by atoms with van der Waals surface area (Å²) in [5.74, 6) is -0.782. The van der Waals surface area contributed by atoms with Crippen molar-refractivity contribution in [3.05, 3.63) is 64.4 Å². The van der Waals surface area contributed by atoms with Crippen molar-refractivity contribution in [1.82, 2.24) is 5.32 Å². The summed E-state index contributed by atoms with van der Waals surface area (Å²) in [6.07, 6.45) is 0.349. The minimum Gasteiger partial charge on any atom is -0.352 e. The SMILES string of the molecule is CC(=O)Nc1ccc(C(=O)NCCc2cc(Cl)ccc2F)cc1. The molecule has 120 valence electrons. The molecular weight excluding hydrogens is 319 g/mol. The van der Waals surface area contributed by atoms with Gasteiger partial charge in [-0.15, -0.1) is 0 Å². The van der Waals surface area contributed by atoms with Crippen molar-refractivity contribution in [2.45, 2.75) is 13.3 Å². The van der Waals surface area contributed by atoms with Crippen LogP contribution >= 0.6 is 11.6 Å². The first kappa shape index (κ1) is 17.0. The van der Waals surface area contributed by atoms with Crippen molar-refractivity contribution >= 4 is 29.1 Å². The first-order valence-corrected chi connectivity index (χ1v) is 7.43. The first-order valence-electron chi connectivity index (χ1n) is 7.05. The maximum atomic E-state index is 13.6. The highest BCUT2D eigenvalue weighted by atomic mass is 35.5. The van der Waals surface area contributed by atoms with Gasteiger partial charge in [-0.25, -0.2) is 4.39 Å². The van der Waals surface area contributed by atoms with Gasteiger partial charge in [0, 0.05) is 29.7 Å². The molecule has 23 heavy (non-hydrogen) atoms. The molecule has 0 atom stereocenters. The van der Waals surface area contributed by atoms with Gasteiger partial charge in [0.1, 0.15) is 5.82 Å². The zero-order valence-corrected chi connectivity index (χ0v) is 13.3. The van der Waals surface area contributed by atoms with Crippen LogP contribution in [0.2, 0.25) is 5.02 Å². The average Bonchev–Trinajstić information content (AvgIpc) is 2.50. The van der Waals surface area contributed by atoms with E-state index in [1.54, 1.807) is 30.3 Å². The van der Waals surface area contributed by atoms with Gasteiger partial charge >= 0.3 is 0 Å². The number of hydrogen-bond acceptors (Lipinski definition) is 2. The monoisotopic (exact) mass is 334 g/mol. The van der Waals surface area contributed by atoms with Crippen molar-refractivity contribution in [3.63, 3.8) is 0 Å². The van der Waals surface area contributed by atoms with Crippen LogP contribution in [-0.4, -0.2) is 18.4 Å². The summed E-state index contributed by atoms with van der Waals surface area (Å²) in [6, 6.07) is 10.8. The van der Waals surface area contributed by atoms with E-state index >= 15 is 0 Å². The van der Waals surface area contributed by atoms with E-state index in [0.717, 1.165) is 0 Å². The van der Waals surface area contributed by atoms with E-state index in [-0.39, 0.29) is 17.6 Å². The fourth-order valence-corrected chi connectivity index (χ4v) is 2.25. The molecule has 0 aliphatic heterocycles. The van der Waals surface area contributed by atoms with Crippen LogP contribution in [0.1, 0.15) is 22.8 Å². The Bertz CT molecular complexity index is 717. The molecule has 0 saturated heterocycles. The molecule has 2 aromatic carbocycles. The maximum Gasteiger partial charge on any atom is 0.251 e. The van der Waals surface area contributed by atoms with E-state index in [0.29, 0.717) is 34.8 Å². The van der Waals surface area contributed by atoms with Crippen LogP contribution in [0, 0.1) is 5.82 Å². The van der Waals surface area contributed by atoms with E-state index in [4.69, 9.17) is 11.6 Å². The zero-order valence-electron chi connectivity index (χ0n) is 12.5. The van der Waals surface area contributed by atoms with Gasteiger partial charge in [-0.2, -0.15) is 0 Å². The summed E-state index contributed by atoms with van der Waals surface area (Å²) in [4.78, 5) is 22.9. The molecule has 2 aromatic rings. The molecule has 0 aromatic heterocycles. The lowest BCUT2D eigenvalue weighted by Crippen LogP contribution is -2.25. The molecule has 2 N–H and O–H groups in total. The predicted molar refractivity (Wildman–Crippen MR) is 88.2 cm³/mol. The Kier molecular flexibility index (Phi) is 5.71. The maximum absolute atomic E-state index is 13.6. The summed E-state index contributed by atoms with van der Waals surface area (Å²) in [6.45, 7) is 1.71. The molecular formula is C17H16ClFN2O2. The molecule has 0 spiro atoms. The summed E-state index contributed by atoms with van der Waals surface area (Å²) < 4.78 is 13.6. The number of nitrogens with one attached hydrogen (secondary N) is 2. The molecule has 0 saturated carbocycles. The lowest BCUT2D eigenvalue weighted by molar-refractivity contribution is -0.114. The highest BCUT2D eigenvalue weighted by molar-refractivity contribution is 6.30. The third kappa shape index (κ3) is 5.07. The number of hydrogen-bond donors (Lipinski definition) is 2. The van der Waals surface area contributed by atoms with E-state index in [2.05, 4.69) is 10.6 Å². The van der Waals surface area contributed by atoms with Crippen molar-refractivity contribution in [2.75, 3.05) is 11.9 Å². The number of anilines is 1. The minimum absolute atomic E-state index is 0.175. The Hall–Kier alpha value is -2.40. The van der Waals surface area contributed by atoms with Crippen LogP contribution in [-0.2, 0) is 11.2 Å². The number of benzene rings is 2. The number of amides is 2. The van der Waals surface area contributed by atoms with Gasteiger partial charge in [0.2, 0.25) is 5.91 Å². The molecule has 0 aliphatic carbocycles. The number of rotatable bonds is 5. The van der Waals surface area contributed by atoms with Crippen LogP contribution in [0.5, 0.6) is 0 Å². The molecule has 6 heteroatoms. The van der Waals surface area contributed by atoms with Crippen molar-refractivity contribution < 1.29 is 14.0 Å². The highest BCUT2D eigenvalue weighted by Gasteiger charge is 2.07. The third-order valence-electron chi connectivity index (χ3n) is 3.16. The smallest absolute Gasteiger partial charge is 0.251 e. The topological polar surface area (TPSA) is 58.2 Å².